The molecule has 3 aromatic rings. The van der Waals surface area contributed by atoms with Crippen molar-refractivity contribution in [3.05, 3.63) is 56.4 Å². The number of esters is 1. The molecule has 7 nitrogen and oxygen atoms in total. The Balaban J connectivity index is 1.82. The maximum absolute atomic E-state index is 12.5. The topological polar surface area (TPSA) is 93.3 Å². The zero-order chi connectivity index (χ0) is 20.1. The second kappa shape index (κ2) is 8.99. The lowest BCUT2D eigenvalue weighted by Crippen LogP contribution is -2.14. The Morgan fingerprint density at radius 1 is 1.32 bits per heavy atom. The quantitative estimate of drug-likeness (QED) is 0.444. The highest BCUT2D eigenvalue weighted by Gasteiger charge is 2.20. The van der Waals surface area contributed by atoms with Gasteiger partial charge in [0.25, 0.3) is 5.56 Å². The number of aromatic amines is 1. The van der Waals surface area contributed by atoms with E-state index in [0.29, 0.717) is 39.6 Å². The summed E-state index contributed by atoms with van der Waals surface area (Å²) in [5, 5.41) is 3.70. The molecule has 0 aliphatic rings. The fourth-order valence-corrected chi connectivity index (χ4v) is 3.93. The van der Waals surface area contributed by atoms with Gasteiger partial charge < -0.3 is 19.8 Å². The average Bonchev–Trinajstić information content (AvgIpc) is 3.03. The number of carbonyl (C=O) groups is 1. The number of fused-ring (bicyclic) bond motifs is 1. The monoisotopic (exact) mass is 401 g/mol. The molecule has 2 aromatic heterocycles. The molecule has 2 heterocycles. The van der Waals surface area contributed by atoms with Gasteiger partial charge in [0.2, 0.25) is 0 Å². The van der Waals surface area contributed by atoms with E-state index in [1.54, 1.807) is 6.92 Å². The van der Waals surface area contributed by atoms with E-state index in [1.165, 1.54) is 24.0 Å². The number of thiophene rings is 1. The Labute approximate surface area is 166 Å². The Kier molecular flexibility index (Phi) is 6.43. The van der Waals surface area contributed by atoms with E-state index in [4.69, 9.17) is 9.47 Å². The third kappa shape index (κ3) is 4.40. The molecule has 0 aliphatic carbocycles. The number of hydrogen-bond donors (Lipinski definition) is 2. The maximum Gasteiger partial charge on any atom is 0.348 e. The van der Waals surface area contributed by atoms with Crippen molar-refractivity contribution in [2.75, 3.05) is 25.6 Å². The minimum absolute atomic E-state index is 0.165. The second-order valence-corrected chi connectivity index (χ2v) is 7.28. The summed E-state index contributed by atoms with van der Waals surface area (Å²) in [6.07, 6.45) is 0.953. The van der Waals surface area contributed by atoms with Crippen LogP contribution < -0.4 is 10.9 Å². The number of carbonyl (C=O) groups excluding carboxylic acids is 1. The molecule has 8 heteroatoms. The number of methoxy groups -OCH3 is 1. The average molecular weight is 401 g/mol. The van der Waals surface area contributed by atoms with Gasteiger partial charge in [-0.25, -0.2) is 9.78 Å². The van der Waals surface area contributed by atoms with E-state index in [0.717, 1.165) is 12.1 Å². The standard InChI is InChI=1S/C20H23N3O4S/c1-4-13-6-5-7-14(10-13)21-11-15-22-18(24)16-12(2)17(28-19(16)23-15)20(25)27-9-8-26-3/h5-7,10,21H,4,8-9,11H2,1-3H3,(H,22,23,24). The fourth-order valence-electron chi connectivity index (χ4n) is 2.84. The molecule has 28 heavy (non-hydrogen) atoms. The van der Waals surface area contributed by atoms with Crippen LogP contribution in [0.1, 0.15) is 33.5 Å². The van der Waals surface area contributed by atoms with Crippen molar-refractivity contribution < 1.29 is 14.3 Å². The normalized spacial score (nSPS) is 11.0. The highest BCUT2D eigenvalue weighted by atomic mass is 32.1. The van der Waals surface area contributed by atoms with Crippen LogP contribution in [-0.4, -0.2) is 36.3 Å². The predicted molar refractivity (Wildman–Crippen MR) is 110 cm³/mol. The number of anilines is 1. The van der Waals surface area contributed by atoms with Crippen LogP contribution >= 0.6 is 11.3 Å². The van der Waals surface area contributed by atoms with E-state index in [1.807, 2.05) is 12.1 Å². The number of ether oxygens (including phenoxy) is 2. The minimum atomic E-state index is -0.465. The van der Waals surface area contributed by atoms with Crippen LogP contribution in [0.25, 0.3) is 10.2 Å². The predicted octanol–water partition coefficient (Wildman–Crippen LogP) is 3.27. The molecule has 0 spiro atoms. The first-order chi connectivity index (χ1) is 13.5. The van der Waals surface area contributed by atoms with Crippen molar-refractivity contribution in [3.8, 4) is 0 Å². The molecule has 148 valence electrons. The third-order valence-corrected chi connectivity index (χ3v) is 5.52. The fraction of sp³-hybridized carbons (Fsp3) is 0.350. The number of rotatable bonds is 8. The zero-order valence-corrected chi connectivity index (χ0v) is 16.9. The molecule has 0 atom stereocenters. The molecule has 1 aromatic carbocycles. The summed E-state index contributed by atoms with van der Waals surface area (Å²) in [5.74, 6) is 0.0490. The van der Waals surface area contributed by atoms with Gasteiger partial charge in [0, 0.05) is 12.8 Å². The van der Waals surface area contributed by atoms with Gasteiger partial charge in [0.15, 0.2) is 0 Å². The highest BCUT2D eigenvalue weighted by Crippen LogP contribution is 2.27. The third-order valence-electron chi connectivity index (χ3n) is 4.35. The minimum Gasteiger partial charge on any atom is -0.459 e. The first-order valence-corrected chi connectivity index (χ1v) is 9.86. The summed E-state index contributed by atoms with van der Waals surface area (Å²) in [6.45, 7) is 4.70. The van der Waals surface area contributed by atoms with Gasteiger partial charge in [-0.05, 0) is 36.6 Å². The molecule has 2 N–H and O–H groups in total. The summed E-state index contributed by atoms with van der Waals surface area (Å²) in [5.41, 5.74) is 2.53. The van der Waals surface area contributed by atoms with E-state index < -0.39 is 5.97 Å². The Morgan fingerprint density at radius 2 is 2.14 bits per heavy atom. The van der Waals surface area contributed by atoms with E-state index >= 15 is 0 Å². The molecule has 0 fully saturated rings. The van der Waals surface area contributed by atoms with Crippen molar-refractivity contribution >= 4 is 33.2 Å². The van der Waals surface area contributed by atoms with Crippen LogP contribution in [0.2, 0.25) is 0 Å². The Hall–Kier alpha value is -2.71. The van der Waals surface area contributed by atoms with Crippen molar-refractivity contribution in [1.82, 2.24) is 9.97 Å². The lowest BCUT2D eigenvalue weighted by molar-refractivity contribution is 0.0393. The van der Waals surface area contributed by atoms with Crippen molar-refractivity contribution in [2.45, 2.75) is 26.8 Å². The summed E-state index contributed by atoms with van der Waals surface area (Å²) in [6, 6.07) is 8.10. The van der Waals surface area contributed by atoms with E-state index in [9.17, 15) is 9.59 Å². The first kappa shape index (κ1) is 20.0. The van der Waals surface area contributed by atoms with Crippen LogP contribution in [0.3, 0.4) is 0 Å². The smallest absolute Gasteiger partial charge is 0.348 e. The van der Waals surface area contributed by atoms with Crippen molar-refractivity contribution in [1.29, 1.82) is 0 Å². The van der Waals surface area contributed by atoms with Gasteiger partial charge in [0.05, 0.1) is 18.5 Å². The van der Waals surface area contributed by atoms with Crippen LogP contribution in [0.15, 0.2) is 29.1 Å². The number of aromatic nitrogens is 2. The number of H-pyrrole nitrogens is 1. The van der Waals surface area contributed by atoms with Crippen molar-refractivity contribution in [2.24, 2.45) is 0 Å². The molecular formula is C20H23N3O4S. The van der Waals surface area contributed by atoms with Gasteiger partial charge in [-0.3, -0.25) is 4.79 Å². The molecule has 0 aliphatic heterocycles. The van der Waals surface area contributed by atoms with E-state index in [2.05, 4.69) is 34.3 Å². The lowest BCUT2D eigenvalue weighted by atomic mass is 10.1. The van der Waals surface area contributed by atoms with Gasteiger partial charge in [-0.15, -0.1) is 11.3 Å². The Morgan fingerprint density at radius 3 is 2.89 bits per heavy atom. The molecule has 0 bridgehead atoms. The summed E-state index contributed by atoms with van der Waals surface area (Å²) in [4.78, 5) is 33.0. The number of nitrogens with one attached hydrogen (secondary N) is 2. The molecular weight excluding hydrogens is 378 g/mol. The number of aryl methyl sites for hydroxylation is 2. The highest BCUT2D eigenvalue weighted by molar-refractivity contribution is 7.20. The Bertz CT molecular complexity index is 1040. The zero-order valence-electron chi connectivity index (χ0n) is 16.1. The van der Waals surface area contributed by atoms with E-state index in [-0.39, 0.29) is 12.2 Å². The van der Waals surface area contributed by atoms with Crippen molar-refractivity contribution in [3.63, 3.8) is 0 Å². The van der Waals surface area contributed by atoms with Crippen LogP contribution in [0.5, 0.6) is 0 Å². The largest absolute Gasteiger partial charge is 0.459 e. The molecule has 3 rings (SSSR count). The molecule has 0 amide bonds. The molecule has 0 radical (unpaired) electrons. The van der Waals surface area contributed by atoms with Crippen LogP contribution in [0, 0.1) is 6.92 Å². The van der Waals surface area contributed by atoms with Gasteiger partial charge >= 0.3 is 5.97 Å². The number of benzene rings is 1. The number of hydrogen-bond acceptors (Lipinski definition) is 7. The molecule has 0 saturated heterocycles. The maximum atomic E-state index is 12.5. The summed E-state index contributed by atoms with van der Waals surface area (Å²) >= 11 is 1.17. The molecule has 0 saturated carbocycles. The van der Waals surface area contributed by atoms with Crippen LogP contribution in [0.4, 0.5) is 5.69 Å². The lowest BCUT2D eigenvalue weighted by Gasteiger charge is -2.07. The number of nitrogens with zero attached hydrogens (tertiary/aromatic N) is 1. The summed E-state index contributed by atoms with van der Waals surface area (Å²) in [7, 11) is 1.54. The summed E-state index contributed by atoms with van der Waals surface area (Å²) < 4.78 is 10.1. The van der Waals surface area contributed by atoms with Crippen LogP contribution in [-0.2, 0) is 22.4 Å². The first-order valence-electron chi connectivity index (χ1n) is 9.04. The van der Waals surface area contributed by atoms with Gasteiger partial charge in [0.1, 0.15) is 22.1 Å². The SMILES string of the molecule is CCc1cccc(NCc2nc3sc(C(=O)OCCOC)c(C)c3c(=O)[nH]2)c1. The van der Waals surface area contributed by atoms with Gasteiger partial charge in [-0.1, -0.05) is 19.1 Å². The van der Waals surface area contributed by atoms with Gasteiger partial charge in [-0.2, -0.15) is 0 Å². The molecule has 0 unspecified atom stereocenters. The second-order valence-electron chi connectivity index (χ2n) is 6.29.